The molecule has 0 bridgehead atoms. The number of hydrogen-bond acceptors (Lipinski definition) is 3. The third kappa shape index (κ3) is 2.58. The van der Waals surface area contributed by atoms with E-state index in [0.29, 0.717) is 5.56 Å². The SMILES string of the molecule is Cc1ccc(C(=O)NC2CCCC2N)c(O)c1. The highest BCUT2D eigenvalue weighted by atomic mass is 16.3. The lowest BCUT2D eigenvalue weighted by atomic mass is 10.1. The zero-order chi connectivity index (χ0) is 12.4. The molecule has 4 N–H and O–H groups in total. The summed E-state index contributed by atoms with van der Waals surface area (Å²) in [5.41, 5.74) is 7.13. The van der Waals surface area contributed by atoms with E-state index in [-0.39, 0.29) is 23.7 Å². The molecule has 0 heterocycles. The van der Waals surface area contributed by atoms with Gasteiger partial charge in [-0.1, -0.05) is 6.07 Å². The molecular formula is C13H18N2O2. The molecule has 1 fully saturated rings. The number of amides is 1. The highest BCUT2D eigenvalue weighted by molar-refractivity contribution is 5.97. The fourth-order valence-electron chi connectivity index (χ4n) is 2.25. The predicted octanol–water partition coefficient (Wildman–Crippen LogP) is 1.31. The van der Waals surface area contributed by atoms with Crippen LogP contribution in [0.5, 0.6) is 5.75 Å². The molecule has 4 heteroatoms. The van der Waals surface area contributed by atoms with Crippen LogP contribution < -0.4 is 11.1 Å². The molecule has 2 unspecified atom stereocenters. The van der Waals surface area contributed by atoms with Gasteiger partial charge in [0, 0.05) is 12.1 Å². The molecule has 1 aromatic carbocycles. The number of phenolic OH excluding ortho intramolecular Hbond substituents is 1. The number of phenols is 1. The van der Waals surface area contributed by atoms with Gasteiger partial charge in [-0.2, -0.15) is 0 Å². The van der Waals surface area contributed by atoms with Crippen molar-refractivity contribution in [1.82, 2.24) is 5.32 Å². The molecule has 1 aliphatic carbocycles. The smallest absolute Gasteiger partial charge is 0.255 e. The van der Waals surface area contributed by atoms with Gasteiger partial charge in [-0.3, -0.25) is 4.79 Å². The minimum Gasteiger partial charge on any atom is -0.507 e. The normalized spacial score (nSPS) is 23.6. The van der Waals surface area contributed by atoms with Crippen molar-refractivity contribution < 1.29 is 9.90 Å². The van der Waals surface area contributed by atoms with Crippen LogP contribution in [0.3, 0.4) is 0 Å². The van der Waals surface area contributed by atoms with E-state index in [0.717, 1.165) is 24.8 Å². The number of carbonyl (C=O) groups is 1. The Kier molecular flexibility index (Phi) is 3.33. The summed E-state index contributed by atoms with van der Waals surface area (Å²) < 4.78 is 0. The Morgan fingerprint density at radius 1 is 1.47 bits per heavy atom. The molecule has 92 valence electrons. The van der Waals surface area contributed by atoms with Gasteiger partial charge in [0.15, 0.2) is 0 Å². The molecule has 0 saturated heterocycles. The van der Waals surface area contributed by atoms with E-state index < -0.39 is 0 Å². The van der Waals surface area contributed by atoms with Crippen LogP contribution >= 0.6 is 0 Å². The molecule has 1 aliphatic rings. The fraction of sp³-hybridized carbons (Fsp3) is 0.462. The second-order valence-electron chi connectivity index (χ2n) is 4.70. The molecule has 1 amide bonds. The topological polar surface area (TPSA) is 75.4 Å². The molecule has 4 nitrogen and oxygen atoms in total. The van der Waals surface area contributed by atoms with Gasteiger partial charge in [-0.25, -0.2) is 0 Å². The van der Waals surface area contributed by atoms with Gasteiger partial charge in [0.1, 0.15) is 5.75 Å². The minimum atomic E-state index is -0.246. The summed E-state index contributed by atoms with van der Waals surface area (Å²) in [6, 6.07) is 5.10. The second kappa shape index (κ2) is 4.75. The molecule has 0 aliphatic heterocycles. The summed E-state index contributed by atoms with van der Waals surface area (Å²) in [4.78, 5) is 12.0. The number of aryl methyl sites for hydroxylation is 1. The van der Waals surface area contributed by atoms with Crippen LogP contribution in [-0.2, 0) is 0 Å². The molecule has 2 rings (SSSR count). The molecule has 1 aromatic rings. The van der Waals surface area contributed by atoms with E-state index in [4.69, 9.17) is 5.73 Å². The largest absolute Gasteiger partial charge is 0.507 e. The first-order valence-electron chi connectivity index (χ1n) is 5.94. The molecule has 0 radical (unpaired) electrons. The summed E-state index contributed by atoms with van der Waals surface area (Å²) >= 11 is 0. The van der Waals surface area contributed by atoms with E-state index >= 15 is 0 Å². The number of hydrogen-bond donors (Lipinski definition) is 3. The lowest BCUT2D eigenvalue weighted by molar-refractivity contribution is 0.0932. The molecule has 2 atom stereocenters. The third-order valence-corrected chi connectivity index (χ3v) is 3.28. The Bertz CT molecular complexity index is 431. The van der Waals surface area contributed by atoms with Gasteiger partial charge >= 0.3 is 0 Å². The minimum absolute atomic E-state index is 0.0223. The van der Waals surface area contributed by atoms with Crippen LogP contribution in [0.4, 0.5) is 0 Å². The molecule has 0 spiro atoms. The number of nitrogens with one attached hydrogen (secondary N) is 1. The molecular weight excluding hydrogens is 216 g/mol. The lowest BCUT2D eigenvalue weighted by Gasteiger charge is -2.17. The number of carbonyl (C=O) groups excluding carboxylic acids is 1. The predicted molar refractivity (Wildman–Crippen MR) is 65.9 cm³/mol. The second-order valence-corrected chi connectivity index (χ2v) is 4.70. The fourth-order valence-corrected chi connectivity index (χ4v) is 2.25. The monoisotopic (exact) mass is 234 g/mol. The van der Waals surface area contributed by atoms with Crippen LogP contribution in [0, 0.1) is 6.92 Å². The standard InChI is InChI=1S/C13H18N2O2/c1-8-5-6-9(12(16)7-8)13(17)15-11-4-2-3-10(11)14/h5-7,10-11,16H,2-4,14H2,1H3,(H,15,17). The maximum atomic E-state index is 12.0. The Balaban J connectivity index is 2.09. The van der Waals surface area contributed by atoms with Gasteiger partial charge in [0.2, 0.25) is 0 Å². The van der Waals surface area contributed by atoms with Gasteiger partial charge in [-0.05, 0) is 43.9 Å². The Morgan fingerprint density at radius 3 is 2.82 bits per heavy atom. The first-order valence-corrected chi connectivity index (χ1v) is 5.94. The lowest BCUT2D eigenvalue weighted by Crippen LogP contribution is -2.43. The number of benzene rings is 1. The number of rotatable bonds is 2. The van der Waals surface area contributed by atoms with E-state index in [1.54, 1.807) is 12.1 Å². The molecule has 0 aromatic heterocycles. The first kappa shape index (κ1) is 11.9. The Morgan fingerprint density at radius 2 is 2.24 bits per heavy atom. The molecule has 17 heavy (non-hydrogen) atoms. The maximum absolute atomic E-state index is 12.0. The van der Waals surface area contributed by atoms with E-state index in [2.05, 4.69) is 5.32 Å². The Labute approximate surface area is 101 Å². The van der Waals surface area contributed by atoms with Crippen LogP contribution in [-0.4, -0.2) is 23.1 Å². The summed E-state index contributed by atoms with van der Waals surface area (Å²) in [6.07, 6.45) is 2.91. The summed E-state index contributed by atoms with van der Waals surface area (Å²) in [5.74, 6) is -0.223. The van der Waals surface area contributed by atoms with Crippen LogP contribution in [0.25, 0.3) is 0 Å². The Hall–Kier alpha value is -1.55. The highest BCUT2D eigenvalue weighted by Crippen LogP contribution is 2.21. The summed E-state index contributed by atoms with van der Waals surface area (Å²) in [5, 5.41) is 12.6. The van der Waals surface area contributed by atoms with E-state index in [1.807, 2.05) is 13.0 Å². The number of nitrogens with two attached hydrogens (primary N) is 1. The number of aromatic hydroxyl groups is 1. The van der Waals surface area contributed by atoms with Gasteiger partial charge in [0.05, 0.1) is 5.56 Å². The maximum Gasteiger partial charge on any atom is 0.255 e. The zero-order valence-electron chi connectivity index (χ0n) is 9.94. The van der Waals surface area contributed by atoms with Gasteiger partial charge in [-0.15, -0.1) is 0 Å². The van der Waals surface area contributed by atoms with E-state index in [9.17, 15) is 9.90 Å². The summed E-state index contributed by atoms with van der Waals surface area (Å²) in [7, 11) is 0. The van der Waals surface area contributed by atoms with Crippen LogP contribution in [0.2, 0.25) is 0 Å². The van der Waals surface area contributed by atoms with Crippen LogP contribution in [0.1, 0.15) is 35.2 Å². The average molecular weight is 234 g/mol. The quantitative estimate of drug-likeness (QED) is 0.722. The van der Waals surface area contributed by atoms with Crippen molar-refractivity contribution in [1.29, 1.82) is 0 Å². The van der Waals surface area contributed by atoms with Crippen molar-refractivity contribution in [2.45, 2.75) is 38.3 Å². The van der Waals surface area contributed by atoms with Crippen molar-refractivity contribution in [2.75, 3.05) is 0 Å². The average Bonchev–Trinajstić information content (AvgIpc) is 2.64. The van der Waals surface area contributed by atoms with Crippen molar-refractivity contribution >= 4 is 5.91 Å². The van der Waals surface area contributed by atoms with Gasteiger partial charge in [0.25, 0.3) is 5.91 Å². The van der Waals surface area contributed by atoms with Crippen molar-refractivity contribution in [2.24, 2.45) is 5.73 Å². The highest BCUT2D eigenvalue weighted by Gasteiger charge is 2.26. The van der Waals surface area contributed by atoms with Crippen molar-refractivity contribution in [3.63, 3.8) is 0 Å². The van der Waals surface area contributed by atoms with Crippen molar-refractivity contribution in [3.8, 4) is 5.75 Å². The summed E-state index contributed by atoms with van der Waals surface area (Å²) in [6.45, 7) is 1.87. The van der Waals surface area contributed by atoms with Gasteiger partial charge < -0.3 is 16.2 Å². The zero-order valence-corrected chi connectivity index (χ0v) is 9.94. The first-order chi connectivity index (χ1) is 8.08. The van der Waals surface area contributed by atoms with Crippen LogP contribution in [0.15, 0.2) is 18.2 Å². The van der Waals surface area contributed by atoms with E-state index in [1.165, 1.54) is 0 Å². The third-order valence-electron chi connectivity index (χ3n) is 3.28. The van der Waals surface area contributed by atoms with Crippen molar-refractivity contribution in [3.05, 3.63) is 29.3 Å². The molecule has 1 saturated carbocycles.